The summed E-state index contributed by atoms with van der Waals surface area (Å²) in [7, 11) is 0. The molecule has 2 amide bonds. The predicted octanol–water partition coefficient (Wildman–Crippen LogP) is 3.67. The number of amides is 2. The highest BCUT2D eigenvalue weighted by molar-refractivity contribution is 7.08. The van der Waals surface area contributed by atoms with E-state index in [9.17, 15) is 14.4 Å². The molecule has 0 aliphatic carbocycles. The first kappa shape index (κ1) is 19.5. The topological polar surface area (TPSA) is 91.8 Å². The van der Waals surface area contributed by atoms with Crippen molar-refractivity contribution in [2.45, 2.75) is 26.4 Å². The van der Waals surface area contributed by atoms with Crippen molar-refractivity contribution >= 4 is 41.3 Å². The van der Waals surface area contributed by atoms with Gasteiger partial charge in [-0.1, -0.05) is 6.08 Å². The molecule has 2 aromatic rings. The largest absolute Gasteiger partial charge is 0.443 e. The number of nitrogens with zero attached hydrogens (tertiary/aromatic N) is 2. The van der Waals surface area contributed by atoms with Crippen molar-refractivity contribution in [3.05, 3.63) is 68.4 Å². The number of H-pyrrole nitrogens is 1. The van der Waals surface area contributed by atoms with E-state index in [1.165, 1.54) is 29.7 Å². The van der Waals surface area contributed by atoms with E-state index in [4.69, 9.17) is 4.74 Å². The highest BCUT2D eigenvalue weighted by atomic mass is 32.1. The fourth-order valence-electron chi connectivity index (χ4n) is 2.34. The Morgan fingerprint density at radius 1 is 1.18 bits per heavy atom. The monoisotopic (exact) mass is 397 g/mol. The van der Waals surface area contributed by atoms with Gasteiger partial charge in [0.05, 0.1) is 0 Å². The summed E-state index contributed by atoms with van der Waals surface area (Å²) < 4.78 is 5.35. The maximum absolute atomic E-state index is 12.8. The van der Waals surface area contributed by atoms with Crippen LogP contribution in [0.15, 0.2) is 56.7 Å². The van der Waals surface area contributed by atoms with Gasteiger partial charge in [0.2, 0.25) is 5.56 Å². The fourth-order valence-corrected chi connectivity index (χ4v) is 2.97. The number of pyridine rings is 1. The third kappa shape index (κ3) is 4.72. The molecule has 0 fully saturated rings. The molecule has 1 N–H and O–H groups in total. The molecule has 0 spiro atoms. The number of rotatable bonds is 3. The number of imide groups is 1. The van der Waals surface area contributed by atoms with Crippen molar-refractivity contribution in [2.75, 3.05) is 0 Å². The summed E-state index contributed by atoms with van der Waals surface area (Å²) in [5.74, 6) is -0.424. The molecule has 7 nitrogen and oxygen atoms in total. The van der Waals surface area contributed by atoms with E-state index >= 15 is 0 Å². The van der Waals surface area contributed by atoms with Crippen molar-refractivity contribution in [3.63, 3.8) is 0 Å². The Morgan fingerprint density at radius 3 is 2.57 bits per heavy atom. The maximum Gasteiger partial charge on any atom is 0.423 e. The van der Waals surface area contributed by atoms with Gasteiger partial charge >= 0.3 is 6.09 Å². The minimum atomic E-state index is -0.795. The molecule has 0 unspecified atom stereocenters. The number of amidine groups is 1. The van der Waals surface area contributed by atoms with E-state index in [-0.39, 0.29) is 17.1 Å². The van der Waals surface area contributed by atoms with Gasteiger partial charge in [-0.25, -0.2) is 9.79 Å². The number of carbonyl (C=O) groups is 2. The number of ether oxygens (including phenoxy) is 1. The van der Waals surface area contributed by atoms with E-state index in [0.29, 0.717) is 5.56 Å². The summed E-state index contributed by atoms with van der Waals surface area (Å²) in [5.41, 5.74) is 0.576. The fraction of sp³-hybridized carbons (Fsp3) is 0.200. The van der Waals surface area contributed by atoms with Crippen molar-refractivity contribution < 1.29 is 14.3 Å². The number of aliphatic imine (C=N–C) groups is 1. The lowest BCUT2D eigenvalue weighted by molar-refractivity contribution is -0.122. The third-order valence-electron chi connectivity index (χ3n) is 3.54. The van der Waals surface area contributed by atoms with Gasteiger partial charge in [0.1, 0.15) is 17.1 Å². The van der Waals surface area contributed by atoms with Crippen LogP contribution in [0.25, 0.3) is 12.2 Å². The van der Waals surface area contributed by atoms with Crippen LogP contribution in [0.2, 0.25) is 0 Å². The van der Waals surface area contributed by atoms with E-state index < -0.39 is 17.6 Å². The molecule has 3 rings (SSSR count). The van der Waals surface area contributed by atoms with Crippen LogP contribution < -0.4 is 5.56 Å². The maximum atomic E-state index is 12.8. The minimum Gasteiger partial charge on any atom is -0.443 e. The Balaban J connectivity index is 1.96. The lowest BCUT2D eigenvalue weighted by atomic mass is 10.2. The third-order valence-corrected chi connectivity index (χ3v) is 4.24. The Hall–Kier alpha value is -3.26. The quantitative estimate of drug-likeness (QED) is 0.800. The number of nitrogens with one attached hydrogen (secondary N) is 1. The van der Waals surface area contributed by atoms with Gasteiger partial charge in [-0.3, -0.25) is 9.59 Å². The number of thiophene rings is 1. The number of carbonyl (C=O) groups excluding carboxylic acids is 2. The highest BCUT2D eigenvalue weighted by Gasteiger charge is 2.37. The molecule has 2 aromatic heterocycles. The smallest absolute Gasteiger partial charge is 0.423 e. The normalized spacial score (nSPS) is 16.1. The van der Waals surface area contributed by atoms with E-state index in [0.717, 1.165) is 10.5 Å². The van der Waals surface area contributed by atoms with E-state index in [2.05, 4.69) is 9.98 Å². The molecule has 0 radical (unpaired) electrons. The van der Waals surface area contributed by atoms with Crippen molar-refractivity contribution in [2.24, 2.45) is 4.99 Å². The van der Waals surface area contributed by atoms with E-state index in [1.54, 1.807) is 39.0 Å². The molecule has 0 bridgehead atoms. The Labute approximate surface area is 165 Å². The Kier molecular flexibility index (Phi) is 5.41. The summed E-state index contributed by atoms with van der Waals surface area (Å²) in [5, 5.41) is 3.86. The summed E-state index contributed by atoms with van der Waals surface area (Å²) in [4.78, 5) is 44.3. The zero-order chi connectivity index (χ0) is 20.3. The van der Waals surface area contributed by atoms with Gasteiger partial charge in [0, 0.05) is 12.3 Å². The van der Waals surface area contributed by atoms with Crippen LogP contribution in [-0.4, -0.2) is 33.3 Å². The standard InChI is InChI=1S/C20H19N3O4S/c1-20(2,3)27-19(26)23-16(6-4-13-8-9-28-12-13)22-15(18(23)25)10-14-5-7-17(24)21-11-14/h4-12H,1-3H3,(H,21,24)/b6-4+,15-10-. The number of aromatic nitrogens is 1. The summed E-state index contributed by atoms with van der Waals surface area (Å²) in [6.45, 7) is 5.17. The molecule has 28 heavy (non-hydrogen) atoms. The van der Waals surface area contributed by atoms with Crippen LogP contribution in [0, 0.1) is 0 Å². The van der Waals surface area contributed by atoms with Gasteiger partial charge in [-0.2, -0.15) is 16.2 Å². The molecule has 0 aromatic carbocycles. The molecule has 0 saturated heterocycles. The average molecular weight is 397 g/mol. The second kappa shape index (κ2) is 7.77. The van der Waals surface area contributed by atoms with Crippen LogP contribution in [0.1, 0.15) is 31.9 Å². The molecule has 1 aliphatic rings. The highest BCUT2D eigenvalue weighted by Crippen LogP contribution is 2.22. The Morgan fingerprint density at radius 2 is 1.96 bits per heavy atom. The molecular weight excluding hydrogens is 378 g/mol. The first-order valence-electron chi connectivity index (χ1n) is 8.50. The van der Waals surface area contributed by atoms with Crippen molar-refractivity contribution in [1.82, 2.24) is 9.88 Å². The van der Waals surface area contributed by atoms with Crippen molar-refractivity contribution in [1.29, 1.82) is 0 Å². The van der Waals surface area contributed by atoms with Gasteiger partial charge in [-0.05, 0) is 66.9 Å². The second-order valence-corrected chi connectivity index (χ2v) is 7.78. The van der Waals surface area contributed by atoms with Crippen LogP contribution in [0.5, 0.6) is 0 Å². The molecule has 0 saturated carbocycles. The van der Waals surface area contributed by atoms with E-state index in [1.807, 2.05) is 16.8 Å². The summed E-state index contributed by atoms with van der Waals surface area (Å²) >= 11 is 1.54. The number of hydrogen-bond donors (Lipinski definition) is 1. The number of aromatic amines is 1. The van der Waals surface area contributed by atoms with Crippen LogP contribution in [-0.2, 0) is 9.53 Å². The summed E-state index contributed by atoms with van der Waals surface area (Å²) in [6.07, 6.45) is 5.53. The van der Waals surface area contributed by atoms with Gasteiger partial charge in [0.25, 0.3) is 5.91 Å². The van der Waals surface area contributed by atoms with Gasteiger partial charge in [-0.15, -0.1) is 0 Å². The molecule has 1 aliphatic heterocycles. The zero-order valence-electron chi connectivity index (χ0n) is 15.6. The molecule has 144 valence electrons. The van der Waals surface area contributed by atoms with Gasteiger partial charge < -0.3 is 9.72 Å². The lowest BCUT2D eigenvalue weighted by Crippen LogP contribution is -2.41. The zero-order valence-corrected chi connectivity index (χ0v) is 16.4. The van der Waals surface area contributed by atoms with Gasteiger partial charge in [0.15, 0.2) is 0 Å². The first-order chi connectivity index (χ1) is 13.2. The molecule has 3 heterocycles. The Bertz CT molecular complexity index is 1020. The first-order valence-corrected chi connectivity index (χ1v) is 9.44. The average Bonchev–Trinajstić information content (AvgIpc) is 3.22. The summed E-state index contributed by atoms with van der Waals surface area (Å²) in [6, 6.07) is 4.82. The molecule has 8 heteroatoms. The van der Waals surface area contributed by atoms with Crippen LogP contribution in [0.3, 0.4) is 0 Å². The van der Waals surface area contributed by atoms with Crippen LogP contribution in [0.4, 0.5) is 4.79 Å². The number of hydrogen-bond acceptors (Lipinski definition) is 6. The SMILES string of the molecule is CC(C)(C)OC(=O)N1C(=O)/C(=C/c2ccc(=O)[nH]c2)N=C1/C=C/c1ccsc1. The molecular formula is C20H19N3O4S. The molecule has 0 atom stereocenters. The lowest BCUT2D eigenvalue weighted by Gasteiger charge is -2.23. The predicted molar refractivity (Wildman–Crippen MR) is 109 cm³/mol. The minimum absolute atomic E-state index is 0.0721. The van der Waals surface area contributed by atoms with Crippen LogP contribution >= 0.6 is 11.3 Å². The second-order valence-electron chi connectivity index (χ2n) is 7.00. The van der Waals surface area contributed by atoms with Crippen molar-refractivity contribution in [3.8, 4) is 0 Å².